The van der Waals surface area contributed by atoms with E-state index in [1.165, 1.54) is 6.42 Å². The standard InChI is InChI=1S/C29H41N5O4/c1-29(2,3)38-28(37)32-17-8-21(9-18-32)7-14-31-15-10-22(11-16-31)33-19-12-23-24(33)5-4-6-25(23)34-20-13-26(35)30-27(34)36/h4-6,12,19,21-22H,7-11,13-18,20H2,1-3H3,(H,30,35,36). The Hall–Kier alpha value is -3.07. The number of piperidine rings is 2. The summed E-state index contributed by atoms with van der Waals surface area (Å²) >= 11 is 0. The number of anilines is 1. The number of nitrogens with one attached hydrogen (secondary N) is 1. The molecule has 0 spiro atoms. The zero-order valence-corrected chi connectivity index (χ0v) is 22.9. The van der Waals surface area contributed by atoms with E-state index < -0.39 is 5.60 Å². The van der Waals surface area contributed by atoms with Crippen molar-refractivity contribution in [2.75, 3.05) is 44.2 Å². The van der Waals surface area contributed by atoms with Crippen molar-refractivity contribution >= 4 is 34.6 Å². The van der Waals surface area contributed by atoms with E-state index in [2.05, 4.69) is 33.1 Å². The highest BCUT2D eigenvalue weighted by atomic mass is 16.6. The van der Waals surface area contributed by atoms with E-state index in [1.54, 1.807) is 4.90 Å². The lowest BCUT2D eigenvalue weighted by Gasteiger charge is -2.36. The largest absolute Gasteiger partial charge is 0.444 e. The normalized spacial score (nSPS) is 20.7. The number of carbonyl (C=O) groups excluding carboxylic acids is 3. The molecule has 1 aromatic carbocycles. The fourth-order valence-electron chi connectivity index (χ4n) is 6.04. The van der Waals surface area contributed by atoms with Gasteiger partial charge in [0.1, 0.15) is 5.60 Å². The third-order valence-electron chi connectivity index (χ3n) is 8.16. The summed E-state index contributed by atoms with van der Waals surface area (Å²) in [5, 5.41) is 3.48. The number of hydrogen-bond donors (Lipinski definition) is 1. The van der Waals surface area contributed by atoms with Crippen LogP contribution in [0.1, 0.15) is 65.3 Å². The van der Waals surface area contributed by atoms with E-state index in [1.807, 2.05) is 37.8 Å². The van der Waals surface area contributed by atoms with Crippen LogP contribution in [-0.4, -0.2) is 77.3 Å². The molecular weight excluding hydrogens is 482 g/mol. The first-order valence-corrected chi connectivity index (χ1v) is 14.1. The number of urea groups is 1. The zero-order valence-electron chi connectivity index (χ0n) is 22.9. The van der Waals surface area contributed by atoms with Crippen LogP contribution in [0.15, 0.2) is 30.5 Å². The van der Waals surface area contributed by atoms with Gasteiger partial charge in [-0.05, 0) is 83.5 Å². The number of fused-ring (bicyclic) bond motifs is 1. The number of amides is 4. The third-order valence-corrected chi connectivity index (χ3v) is 8.16. The molecule has 3 aliphatic rings. The fraction of sp³-hybridized carbons (Fsp3) is 0.621. The summed E-state index contributed by atoms with van der Waals surface area (Å²) in [6.45, 7) is 11.0. The van der Waals surface area contributed by atoms with Crippen LogP contribution in [0.3, 0.4) is 0 Å². The van der Waals surface area contributed by atoms with Crippen LogP contribution in [0.25, 0.3) is 10.9 Å². The molecule has 0 atom stereocenters. The number of nitrogens with zero attached hydrogens (tertiary/aromatic N) is 4. The highest BCUT2D eigenvalue weighted by Crippen LogP contribution is 2.34. The average molecular weight is 524 g/mol. The molecule has 38 heavy (non-hydrogen) atoms. The summed E-state index contributed by atoms with van der Waals surface area (Å²) in [5.74, 6) is 0.453. The van der Waals surface area contributed by atoms with Crippen molar-refractivity contribution in [2.45, 2.75) is 70.9 Å². The van der Waals surface area contributed by atoms with E-state index in [0.29, 0.717) is 24.9 Å². The zero-order chi connectivity index (χ0) is 26.9. The van der Waals surface area contributed by atoms with Crippen molar-refractivity contribution in [2.24, 2.45) is 5.92 Å². The molecule has 4 amide bonds. The Balaban J connectivity index is 1.11. The minimum Gasteiger partial charge on any atom is -0.444 e. The Morgan fingerprint density at radius 1 is 1.00 bits per heavy atom. The van der Waals surface area contributed by atoms with Gasteiger partial charge in [-0.15, -0.1) is 0 Å². The molecule has 3 aliphatic heterocycles. The Labute approximate surface area is 225 Å². The van der Waals surface area contributed by atoms with E-state index in [0.717, 1.165) is 75.0 Å². The lowest BCUT2D eigenvalue weighted by atomic mass is 9.93. The third kappa shape index (κ3) is 5.98. The van der Waals surface area contributed by atoms with Crippen molar-refractivity contribution in [3.05, 3.63) is 30.5 Å². The molecule has 1 aromatic heterocycles. The molecule has 0 unspecified atom stereocenters. The second-order valence-electron chi connectivity index (χ2n) is 12.0. The summed E-state index contributed by atoms with van der Waals surface area (Å²) in [5.41, 5.74) is 1.56. The predicted octanol–water partition coefficient (Wildman–Crippen LogP) is 4.76. The fourth-order valence-corrected chi connectivity index (χ4v) is 6.04. The van der Waals surface area contributed by atoms with Crippen molar-refractivity contribution in [1.82, 2.24) is 19.7 Å². The molecule has 3 fully saturated rings. The first-order valence-electron chi connectivity index (χ1n) is 14.1. The lowest BCUT2D eigenvalue weighted by molar-refractivity contribution is -0.120. The van der Waals surface area contributed by atoms with E-state index in [4.69, 9.17) is 4.74 Å². The Kier molecular flexibility index (Phi) is 7.66. The maximum Gasteiger partial charge on any atom is 0.410 e. The topological polar surface area (TPSA) is 87.1 Å². The first-order chi connectivity index (χ1) is 18.2. The second-order valence-corrected chi connectivity index (χ2v) is 12.0. The van der Waals surface area contributed by atoms with Gasteiger partial charge in [0.05, 0.1) is 11.2 Å². The van der Waals surface area contributed by atoms with Gasteiger partial charge in [0.15, 0.2) is 0 Å². The molecule has 0 bridgehead atoms. The molecule has 0 radical (unpaired) electrons. The average Bonchev–Trinajstić information content (AvgIpc) is 3.32. The van der Waals surface area contributed by atoms with Crippen LogP contribution in [0.4, 0.5) is 15.3 Å². The summed E-state index contributed by atoms with van der Waals surface area (Å²) in [7, 11) is 0. The molecule has 0 saturated carbocycles. The second kappa shape index (κ2) is 11.0. The van der Waals surface area contributed by atoms with Crippen molar-refractivity contribution in [1.29, 1.82) is 0 Å². The van der Waals surface area contributed by atoms with Gasteiger partial charge in [0.25, 0.3) is 0 Å². The summed E-state index contributed by atoms with van der Waals surface area (Å²) in [4.78, 5) is 42.4. The van der Waals surface area contributed by atoms with Crippen LogP contribution in [0.2, 0.25) is 0 Å². The number of ether oxygens (including phenoxy) is 1. The maximum atomic E-state index is 12.4. The predicted molar refractivity (Wildman–Crippen MR) is 147 cm³/mol. The van der Waals surface area contributed by atoms with Crippen LogP contribution in [0, 0.1) is 5.92 Å². The molecular formula is C29H41N5O4. The summed E-state index contributed by atoms with van der Waals surface area (Å²) in [6.07, 6.45) is 7.78. The van der Waals surface area contributed by atoms with E-state index in [9.17, 15) is 14.4 Å². The minimum atomic E-state index is -0.444. The van der Waals surface area contributed by atoms with Gasteiger partial charge >= 0.3 is 12.1 Å². The molecule has 206 valence electrons. The number of rotatable bonds is 5. The Morgan fingerprint density at radius 2 is 1.74 bits per heavy atom. The number of aromatic nitrogens is 1. The Morgan fingerprint density at radius 3 is 2.42 bits per heavy atom. The van der Waals surface area contributed by atoms with E-state index in [-0.39, 0.29) is 18.0 Å². The minimum absolute atomic E-state index is 0.183. The Bertz CT molecular complexity index is 1170. The van der Waals surface area contributed by atoms with Gasteiger partial charge in [0, 0.05) is 56.8 Å². The maximum absolute atomic E-state index is 12.4. The van der Waals surface area contributed by atoms with Crippen LogP contribution < -0.4 is 10.2 Å². The van der Waals surface area contributed by atoms with Crippen LogP contribution in [-0.2, 0) is 9.53 Å². The van der Waals surface area contributed by atoms with Crippen molar-refractivity contribution < 1.29 is 19.1 Å². The van der Waals surface area contributed by atoms with Gasteiger partial charge in [-0.1, -0.05) is 6.07 Å². The van der Waals surface area contributed by atoms with Gasteiger partial charge in [-0.2, -0.15) is 0 Å². The van der Waals surface area contributed by atoms with Gasteiger partial charge in [-0.25, -0.2) is 9.59 Å². The molecule has 1 N–H and O–H groups in total. The number of likely N-dealkylation sites (tertiary alicyclic amines) is 2. The number of hydrogen-bond acceptors (Lipinski definition) is 5. The van der Waals surface area contributed by atoms with Crippen molar-refractivity contribution in [3.8, 4) is 0 Å². The molecule has 0 aliphatic carbocycles. The lowest BCUT2D eigenvalue weighted by Crippen LogP contribution is -2.49. The molecule has 5 rings (SSSR count). The first kappa shape index (κ1) is 26.5. The van der Waals surface area contributed by atoms with Crippen LogP contribution in [0.5, 0.6) is 0 Å². The summed E-state index contributed by atoms with van der Waals surface area (Å²) in [6, 6.07) is 8.29. The number of benzene rings is 1. The SMILES string of the molecule is CC(C)(C)OC(=O)N1CCC(CCN2CCC(n3ccc4c(N5CCC(=O)NC5=O)cccc43)CC2)CC1. The van der Waals surface area contributed by atoms with Gasteiger partial charge in [0.2, 0.25) is 5.91 Å². The molecule has 3 saturated heterocycles. The van der Waals surface area contributed by atoms with Crippen molar-refractivity contribution in [3.63, 3.8) is 0 Å². The quantitative estimate of drug-likeness (QED) is 0.611. The van der Waals surface area contributed by atoms with Gasteiger partial charge in [-0.3, -0.25) is 15.0 Å². The summed E-state index contributed by atoms with van der Waals surface area (Å²) < 4.78 is 7.90. The van der Waals surface area contributed by atoms with Gasteiger partial charge < -0.3 is 19.1 Å². The molecule has 9 nitrogen and oxygen atoms in total. The van der Waals surface area contributed by atoms with E-state index >= 15 is 0 Å². The molecule has 9 heteroatoms. The highest BCUT2D eigenvalue weighted by Gasteiger charge is 2.29. The van der Waals surface area contributed by atoms with Crippen LogP contribution >= 0.6 is 0 Å². The smallest absolute Gasteiger partial charge is 0.410 e. The highest BCUT2D eigenvalue weighted by molar-refractivity contribution is 6.09. The molecule has 4 heterocycles. The number of imide groups is 1. The number of carbonyl (C=O) groups is 3. The monoisotopic (exact) mass is 523 g/mol. The molecule has 2 aromatic rings.